The van der Waals surface area contributed by atoms with Crippen LogP contribution < -0.4 is 10.2 Å². The van der Waals surface area contributed by atoms with Gasteiger partial charge in [-0.25, -0.2) is 9.78 Å². The van der Waals surface area contributed by atoms with Gasteiger partial charge in [-0.15, -0.1) is 0 Å². The molecule has 1 saturated carbocycles. The number of carboxylic acid groups (broad SMARTS) is 1. The van der Waals surface area contributed by atoms with Crippen molar-refractivity contribution in [1.82, 2.24) is 14.9 Å². The van der Waals surface area contributed by atoms with Crippen LogP contribution in [0.1, 0.15) is 74.9 Å². The van der Waals surface area contributed by atoms with Gasteiger partial charge in [0, 0.05) is 24.1 Å². The minimum atomic E-state index is -0.874. The number of benzene rings is 2. The molecule has 6 nitrogen and oxygen atoms in total. The van der Waals surface area contributed by atoms with Gasteiger partial charge in [-0.3, -0.25) is 4.90 Å². The lowest BCUT2D eigenvalue weighted by Crippen LogP contribution is -2.41. The summed E-state index contributed by atoms with van der Waals surface area (Å²) in [5.74, 6) is 1.12. The highest BCUT2D eigenvalue weighted by atomic mass is 16.4. The van der Waals surface area contributed by atoms with Crippen LogP contribution in [-0.4, -0.2) is 39.9 Å². The van der Waals surface area contributed by atoms with Gasteiger partial charge in [0.1, 0.15) is 5.82 Å². The van der Waals surface area contributed by atoms with Crippen LogP contribution in [0.5, 0.6) is 0 Å². The lowest BCUT2D eigenvalue weighted by molar-refractivity contribution is 0.108. The second kappa shape index (κ2) is 8.98. The highest BCUT2D eigenvalue weighted by Crippen LogP contribution is 2.48. The van der Waals surface area contributed by atoms with E-state index in [4.69, 9.17) is 4.98 Å². The second-order valence-corrected chi connectivity index (χ2v) is 11.0. The van der Waals surface area contributed by atoms with Crippen molar-refractivity contribution in [2.75, 3.05) is 18.0 Å². The third kappa shape index (κ3) is 4.02. The quantitative estimate of drug-likeness (QED) is 0.496. The Kier molecular flexibility index (Phi) is 5.79. The molecule has 2 aliphatic heterocycles. The summed E-state index contributed by atoms with van der Waals surface area (Å²) in [6.45, 7) is 4.31. The zero-order chi connectivity index (χ0) is 24.0. The Morgan fingerprint density at radius 2 is 1.80 bits per heavy atom. The number of carbonyl (C=O) groups is 1. The van der Waals surface area contributed by atoms with Crippen molar-refractivity contribution in [3.05, 3.63) is 59.4 Å². The van der Waals surface area contributed by atoms with Crippen LogP contribution in [0, 0.1) is 5.41 Å². The van der Waals surface area contributed by atoms with Crippen LogP contribution in [0.2, 0.25) is 0 Å². The highest BCUT2D eigenvalue weighted by Gasteiger charge is 2.38. The highest BCUT2D eigenvalue weighted by molar-refractivity contribution is 5.94. The minimum Gasteiger partial charge on any atom is -0.465 e. The molecule has 6 heteroatoms. The number of anilines is 1. The number of imidazole rings is 1. The fraction of sp³-hybridized carbons (Fsp3) is 0.517. The second-order valence-electron chi connectivity index (χ2n) is 11.0. The third-order valence-corrected chi connectivity index (χ3v) is 8.98. The van der Waals surface area contributed by atoms with Gasteiger partial charge in [0.05, 0.1) is 16.7 Å². The number of aromatic nitrogens is 2. The number of hydrogen-bond donors (Lipinski definition) is 2. The number of nitrogens with zero attached hydrogens (tertiary/aromatic N) is 3. The maximum Gasteiger partial charge on any atom is 0.412 e. The minimum absolute atomic E-state index is 0.0113. The molecule has 2 N–H and O–H groups in total. The Morgan fingerprint density at radius 3 is 2.51 bits per heavy atom. The van der Waals surface area contributed by atoms with Gasteiger partial charge in [-0.1, -0.05) is 30.3 Å². The van der Waals surface area contributed by atoms with Crippen LogP contribution in [0.25, 0.3) is 11.0 Å². The lowest BCUT2D eigenvalue weighted by Gasteiger charge is -2.43. The first kappa shape index (κ1) is 22.6. The van der Waals surface area contributed by atoms with E-state index in [-0.39, 0.29) is 6.04 Å². The number of rotatable bonds is 3. The Balaban J connectivity index is 1.42. The van der Waals surface area contributed by atoms with Gasteiger partial charge in [-0.05, 0) is 94.5 Å². The molecule has 1 atom stereocenters. The summed E-state index contributed by atoms with van der Waals surface area (Å²) in [7, 11) is 0. The summed E-state index contributed by atoms with van der Waals surface area (Å²) >= 11 is 0. The molecule has 6 rings (SSSR count). The number of aryl methyl sites for hydroxylation is 1. The number of piperidine rings is 1. The number of amides is 1. The lowest BCUT2D eigenvalue weighted by atomic mass is 9.67. The average Bonchev–Trinajstić information content (AvgIpc) is 3.23. The molecule has 184 valence electrons. The van der Waals surface area contributed by atoms with E-state index in [1.54, 1.807) is 0 Å². The fourth-order valence-corrected chi connectivity index (χ4v) is 6.98. The van der Waals surface area contributed by atoms with Crippen molar-refractivity contribution in [2.45, 2.75) is 76.8 Å². The zero-order valence-corrected chi connectivity index (χ0v) is 20.7. The van der Waals surface area contributed by atoms with E-state index in [1.165, 1.54) is 54.5 Å². The van der Waals surface area contributed by atoms with E-state index in [2.05, 4.69) is 46.3 Å². The Hall–Kier alpha value is -2.86. The SMILES string of the molecule is C[C@H]1CCc2c(ccc3c2nc(Cc2ccccc2)n3C2CCC3(CCNCC3)CC2)N1C(=O)O. The molecule has 1 spiro atoms. The maximum absolute atomic E-state index is 12.1. The summed E-state index contributed by atoms with van der Waals surface area (Å²) in [5, 5.41) is 13.4. The van der Waals surface area contributed by atoms with Gasteiger partial charge in [0.25, 0.3) is 0 Å². The van der Waals surface area contributed by atoms with E-state index in [1.807, 2.05) is 13.0 Å². The van der Waals surface area contributed by atoms with Crippen molar-refractivity contribution in [2.24, 2.45) is 5.41 Å². The number of fused-ring (bicyclic) bond motifs is 3. The van der Waals surface area contributed by atoms with E-state index in [0.29, 0.717) is 11.5 Å². The molecule has 2 aromatic carbocycles. The zero-order valence-electron chi connectivity index (χ0n) is 20.7. The van der Waals surface area contributed by atoms with Crippen molar-refractivity contribution >= 4 is 22.8 Å². The van der Waals surface area contributed by atoms with Gasteiger partial charge in [0.15, 0.2) is 0 Å². The van der Waals surface area contributed by atoms with Crippen LogP contribution in [-0.2, 0) is 12.8 Å². The largest absolute Gasteiger partial charge is 0.465 e. The van der Waals surface area contributed by atoms with Gasteiger partial charge >= 0.3 is 6.09 Å². The molecule has 3 heterocycles. The molecule has 0 unspecified atom stereocenters. The fourth-order valence-electron chi connectivity index (χ4n) is 6.98. The average molecular weight is 473 g/mol. The van der Waals surface area contributed by atoms with Crippen molar-refractivity contribution in [3.63, 3.8) is 0 Å². The first-order chi connectivity index (χ1) is 17.0. The summed E-state index contributed by atoms with van der Waals surface area (Å²) in [6, 6.07) is 15.2. The molecule has 3 aliphatic rings. The van der Waals surface area contributed by atoms with Crippen LogP contribution in [0.15, 0.2) is 42.5 Å². The van der Waals surface area contributed by atoms with Crippen molar-refractivity contribution in [3.8, 4) is 0 Å². The van der Waals surface area contributed by atoms with Crippen LogP contribution >= 0.6 is 0 Å². The maximum atomic E-state index is 12.1. The monoisotopic (exact) mass is 472 g/mol. The molecular formula is C29H36N4O2. The van der Waals surface area contributed by atoms with E-state index < -0.39 is 6.09 Å². The number of nitrogens with one attached hydrogen (secondary N) is 1. The van der Waals surface area contributed by atoms with Crippen molar-refractivity contribution < 1.29 is 9.90 Å². The standard InChI is InChI=1S/C29H36N4O2/c1-20-7-8-23-24(32(20)28(34)35)9-10-25-27(23)31-26(19-21-5-3-2-4-6-21)33(25)22-11-13-29(14-12-22)15-17-30-18-16-29/h2-6,9-10,20,22,30H,7-8,11-19H2,1H3,(H,34,35)/t20-/m0/s1. The van der Waals surface area contributed by atoms with Gasteiger partial charge in [-0.2, -0.15) is 0 Å². The molecule has 1 aliphatic carbocycles. The predicted molar refractivity (Wildman–Crippen MR) is 139 cm³/mol. The molecule has 0 radical (unpaired) electrons. The Labute approximate surface area is 207 Å². The van der Waals surface area contributed by atoms with Crippen LogP contribution in [0.4, 0.5) is 10.5 Å². The molecule has 2 fully saturated rings. The van der Waals surface area contributed by atoms with Gasteiger partial charge in [0.2, 0.25) is 0 Å². The normalized spacial score (nSPS) is 22.4. The summed E-state index contributed by atoms with van der Waals surface area (Å²) in [6.07, 6.45) is 9.22. The molecule has 1 aromatic heterocycles. The first-order valence-corrected chi connectivity index (χ1v) is 13.3. The molecule has 1 amide bonds. The molecule has 0 bridgehead atoms. The molecular weight excluding hydrogens is 436 g/mol. The Bertz CT molecular complexity index is 1220. The molecule has 1 saturated heterocycles. The summed E-state index contributed by atoms with van der Waals surface area (Å²) in [5.41, 5.74) is 5.90. The third-order valence-electron chi connectivity index (χ3n) is 8.98. The Morgan fingerprint density at radius 1 is 1.06 bits per heavy atom. The predicted octanol–water partition coefficient (Wildman–Crippen LogP) is 5.93. The van der Waals surface area contributed by atoms with E-state index in [9.17, 15) is 9.90 Å². The van der Waals surface area contributed by atoms with E-state index in [0.717, 1.165) is 54.9 Å². The smallest absolute Gasteiger partial charge is 0.412 e. The topological polar surface area (TPSA) is 70.4 Å². The van der Waals surface area contributed by atoms with E-state index >= 15 is 0 Å². The number of hydrogen-bond acceptors (Lipinski definition) is 3. The summed E-state index contributed by atoms with van der Waals surface area (Å²) < 4.78 is 2.53. The molecule has 35 heavy (non-hydrogen) atoms. The van der Waals surface area contributed by atoms with Crippen molar-refractivity contribution in [1.29, 1.82) is 0 Å². The molecule has 3 aromatic rings. The van der Waals surface area contributed by atoms with Crippen LogP contribution in [0.3, 0.4) is 0 Å². The first-order valence-electron chi connectivity index (χ1n) is 13.3. The van der Waals surface area contributed by atoms with Gasteiger partial charge < -0.3 is 15.0 Å². The summed E-state index contributed by atoms with van der Waals surface area (Å²) in [4.78, 5) is 18.9.